The lowest BCUT2D eigenvalue weighted by atomic mass is 9.73. The third-order valence-corrected chi connectivity index (χ3v) is 8.61. The Morgan fingerprint density at radius 3 is 2.05 bits per heavy atom. The minimum absolute atomic E-state index is 0.0866. The predicted octanol–water partition coefficient (Wildman–Crippen LogP) is 6.02. The normalized spacial score (nSPS) is 16.5. The van der Waals surface area contributed by atoms with Gasteiger partial charge in [-0.15, -0.1) is 0 Å². The van der Waals surface area contributed by atoms with E-state index in [9.17, 15) is 22.8 Å². The smallest absolute Gasteiger partial charge is 0.353 e. The van der Waals surface area contributed by atoms with Crippen molar-refractivity contribution in [2.75, 3.05) is 26.2 Å². The van der Waals surface area contributed by atoms with Crippen LogP contribution in [0.5, 0.6) is 0 Å². The Hall–Kier alpha value is -3.65. The van der Waals surface area contributed by atoms with Gasteiger partial charge in [-0.25, -0.2) is 0 Å². The van der Waals surface area contributed by atoms with E-state index in [-0.39, 0.29) is 11.9 Å². The number of likely N-dealkylation sites (tertiary alicyclic amines) is 1. The molecular formula is C34H38F3N3O2. The molecule has 0 atom stereocenters. The van der Waals surface area contributed by atoms with Gasteiger partial charge in [-0.1, -0.05) is 85.3 Å². The van der Waals surface area contributed by atoms with E-state index in [0.717, 1.165) is 73.1 Å². The molecule has 42 heavy (non-hydrogen) atoms. The number of alkyl halides is 3. The van der Waals surface area contributed by atoms with E-state index in [2.05, 4.69) is 15.5 Å². The second-order valence-electron chi connectivity index (χ2n) is 11.4. The fourth-order valence-corrected chi connectivity index (χ4v) is 6.51. The quantitative estimate of drug-likeness (QED) is 0.274. The Morgan fingerprint density at radius 2 is 1.43 bits per heavy atom. The van der Waals surface area contributed by atoms with Gasteiger partial charge >= 0.3 is 6.18 Å². The average molecular weight is 578 g/mol. The number of unbranched alkanes of at least 4 members (excludes halogenated alkanes) is 1. The largest absolute Gasteiger partial charge is 0.405 e. The lowest BCUT2D eigenvalue weighted by molar-refractivity contribution is -0.141. The number of amides is 2. The van der Waals surface area contributed by atoms with Gasteiger partial charge < -0.3 is 15.5 Å². The topological polar surface area (TPSA) is 61.4 Å². The lowest BCUT2D eigenvalue weighted by Gasteiger charge is -2.33. The van der Waals surface area contributed by atoms with E-state index in [1.54, 1.807) is 0 Å². The predicted molar refractivity (Wildman–Crippen MR) is 158 cm³/mol. The Kier molecular flexibility index (Phi) is 9.31. The molecule has 3 aromatic carbocycles. The molecular weight excluding hydrogens is 539 g/mol. The van der Waals surface area contributed by atoms with Crippen LogP contribution in [0.15, 0.2) is 78.9 Å². The van der Waals surface area contributed by atoms with Crippen LogP contribution in [0.3, 0.4) is 0 Å². The summed E-state index contributed by atoms with van der Waals surface area (Å²) in [5.41, 5.74) is 3.36. The summed E-state index contributed by atoms with van der Waals surface area (Å²) in [5.74, 6) is -0.510. The first kappa shape index (κ1) is 29.8. The monoisotopic (exact) mass is 577 g/mol. The highest BCUT2D eigenvalue weighted by atomic mass is 19.4. The maximum absolute atomic E-state index is 13.6. The number of fused-ring (bicyclic) bond motifs is 3. The standard InChI is InChI=1S/C34H38F3N3O2/c35-34(36,37)24-38-32(42)33(29-14-6-4-12-27(29)28-13-5-7-15-30(28)33)20-8-9-21-40-22-18-26(19-23-40)39-31(41)17-16-25-10-2-1-3-11-25/h1-7,10-15,26H,8-9,16-24H2,(H,38,42)(H,39,41). The molecule has 8 heteroatoms. The molecule has 2 N–H and O–H groups in total. The lowest BCUT2D eigenvalue weighted by Crippen LogP contribution is -2.47. The fourth-order valence-electron chi connectivity index (χ4n) is 6.51. The van der Waals surface area contributed by atoms with Crippen molar-refractivity contribution < 1.29 is 22.8 Å². The van der Waals surface area contributed by atoms with E-state index in [4.69, 9.17) is 0 Å². The van der Waals surface area contributed by atoms with Gasteiger partial charge in [-0.3, -0.25) is 9.59 Å². The van der Waals surface area contributed by atoms with E-state index in [1.807, 2.05) is 78.9 Å². The van der Waals surface area contributed by atoms with Gasteiger partial charge in [0, 0.05) is 25.6 Å². The summed E-state index contributed by atoms with van der Waals surface area (Å²) < 4.78 is 39.3. The van der Waals surface area contributed by atoms with Gasteiger partial charge in [0.25, 0.3) is 0 Å². The Bertz CT molecular complexity index is 1320. The van der Waals surface area contributed by atoms with Gasteiger partial charge in [0.2, 0.25) is 11.8 Å². The molecule has 1 saturated heterocycles. The third-order valence-electron chi connectivity index (χ3n) is 8.61. The van der Waals surface area contributed by atoms with Crippen molar-refractivity contribution >= 4 is 11.8 Å². The number of rotatable bonds is 11. The molecule has 1 fully saturated rings. The Labute approximate surface area is 245 Å². The summed E-state index contributed by atoms with van der Waals surface area (Å²) in [6.07, 6.45) is 0.458. The average Bonchev–Trinajstić information content (AvgIpc) is 3.29. The van der Waals surface area contributed by atoms with Crippen molar-refractivity contribution in [2.24, 2.45) is 0 Å². The molecule has 5 nitrogen and oxygen atoms in total. The van der Waals surface area contributed by atoms with Crippen LogP contribution in [0.2, 0.25) is 0 Å². The maximum atomic E-state index is 13.6. The number of hydrogen-bond acceptors (Lipinski definition) is 3. The van der Waals surface area contributed by atoms with Crippen LogP contribution in [-0.4, -0.2) is 55.1 Å². The zero-order valence-corrected chi connectivity index (χ0v) is 23.8. The number of carbonyl (C=O) groups is 2. The summed E-state index contributed by atoms with van der Waals surface area (Å²) in [6.45, 7) is 1.26. The molecule has 3 aromatic rings. The van der Waals surface area contributed by atoms with Crippen LogP contribution in [0.1, 0.15) is 55.2 Å². The minimum atomic E-state index is -4.48. The van der Waals surface area contributed by atoms with E-state index in [0.29, 0.717) is 19.3 Å². The van der Waals surface area contributed by atoms with E-state index < -0.39 is 24.0 Å². The SMILES string of the molecule is O=C(CCc1ccccc1)NC1CCN(CCCCC2(C(=O)NCC(F)(F)F)c3ccccc3-c3ccccc32)CC1. The number of nitrogens with one attached hydrogen (secondary N) is 2. The number of hydrogen-bond donors (Lipinski definition) is 2. The number of nitrogens with zero attached hydrogens (tertiary/aromatic N) is 1. The first-order chi connectivity index (χ1) is 20.3. The highest BCUT2D eigenvalue weighted by Gasteiger charge is 2.49. The highest BCUT2D eigenvalue weighted by molar-refractivity contribution is 6.00. The van der Waals surface area contributed by atoms with Gasteiger partial charge in [0.1, 0.15) is 12.0 Å². The van der Waals surface area contributed by atoms with Crippen LogP contribution < -0.4 is 10.6 Å². The molecule has 0 aromatic heterocycles. The van der Waals surface area contributed by atoms with E-state index >= 15 is 0 Å². The molecule has 0 spiro atoms. The Morgan fingerprint density at radius 1 is 0.833 bits per heavy atom. The molecule has 0 bridgehead atoms. The van der Waals surface area contributed by atoms with E-state index in [1.165, 1.54) is 0 Å². The van der Waals surface area contributed by atoms with Gasteiger partial charge in [-0.2, -0.15) is 13.2 Å². The minimum Gasteiger partial charge on any atom is -0.353 e. The number of benzene rings is 3. The van der Waals surface area contributed by atoms with Gasteiger partial charge in [0.15, 0.2) is 0 Å². The van der Waals surface area contributed by atoms with Crippen molar-refractivity contribution in [1.82, 2.24) is 15.5 Å². The molecule has 2 amide bonds. The summed E-state index contributed by atoms with van der Waals surface area (Å²) in [5, 5.41) is 5.39. The molecule has 222 valence electrons. The number of halogens is 3. The van der Waals surface area contributed by atoms with Crippen LogP contribution in [0.4, 0.5) is 13.2 Å². The number of piperidine rings is 1. The molecule has 1 heterocycles. The summed E-state index contributed by atoms with van der Waals surface area (Å²) in [7, 11) is 0. The summed E-state index contributed by atoms with van der Waals surface area (Å²) in [6, 6.07) is 25.3. The number of carbonyl (C=O) groups excluding carboxylic acids is 2. The van der Waals surface area contributed by atoms with Crippen molar-refractivity contribution in [1.29, 1.82) is 0 Å². The van der Waals surface area contributed by atoms with Crippen LogP contribution in [0.25, 0.3) is 11.1 Å². The van der Waals surface area contributed by atoms with Crippen molar-refractivity contribution in [2.45, 2.75) is 62.6 Å². The zero-order valence-electron chi connectivity index (χ0n) is 23.8. The molecule has 2 aliphatic rings. The number of aryl methyl sites for hydroxylation is 1. The van der Waals surface area contributed by atoms with Crippen LogP contribution in [0, 0.1) is 0 Å². The first-order valence-corrected chi connectivity index (χ1v) is 14.9. The highest BCUT2D eigenvalue weighted by Crippen LogP contribution is 2.51. The zero-order chi connectivity index (χ0) is 29.6. The third kappa shape index (κ3) is 6.86. The molecule has 5 rings (SSSR count). The van der Waals surface area contributed by atoms with Crippen molar-refractivity contribution in [3.63, 3.8) is 0 Å². The molecule has 0 unspecified atom stereocenters. The van der Waals surface area contributed by atoms with Gasteiger partial charge in [-0.05, 0) is 66.5 Å². The molecule has 0 radical (unpaired) electrons. The Balaban J connectivity index is 1.15. The maximum Gasteiger partial charge on any atom is 0.405 e. The van der Waals surface area contributed by atoms with Crippen molar-refractivity contribution in [3.8, 4) is 11.1 Å². The van der Waals surface area contributed by atoms with Crippen LogP contribution >= 0.6 is 0 Å². The van der Waals surface area contributed by atoms with Crippen LogP contribution in [-0.2, 0) is 21.4 Å². The summed E-state index contributed by atoms with van der Waals surface area (Å²) in [4.78, 5) is 28.5. The molecule has 1 aliphatic heterocycles. The second kappa shape index (κ2) is 13.1. The first-order valence-electron chi connectivity index (χ1n) is 14.9. The molecule has 0 saturated carbocycles. The second-order valence-corrected chi connectivity index (χ2v) is 11.4. The van der Waals surface area contributed by atoms with Crippen molar-refractivity contribution in [3.05, 3.63) is 95.6 Å². The molecule has 1 aliphatic carbocycles. The summed E-state index contributed by atoms with van der Waals surface area (Å²) >= 11 is 0. The fraction of sp³-hybridized carbons (Fsp3) is 0.412. The van der Waals surface area contributed by atoms with Gasteiger partial charge in [0.05, 0.1) is 0 Å².